The number of hydrogen-bond donors (Lipinski definition) is 0. The van der Waals surface area contributed by atoms with Crippen molar-refractivity contribution in [2.75, 3.05) is 13.7 Å². The van der Waals surface area contributed by atoms with Gasteiger partial charge in [0.25, 0.3) is 6.43 Å². The third-order valence-electron chi connectivity index (χ3n) is 1.90. The zero-order valence-corrected chi connectivity index (χ0v) is 10.8. The van der Waals surface area contributed by atoms with Crippen LogP contribution in [0.25, 0.3) is 0 Å². The van der Waals surface area contributed by atoms with Gasteiger partial charge in [-0.25, -0.2) is 18.6 Å². The van der Waals surface area contributed by atoms with Crippen molar-refractivity contribution in [2.24, 2.45) is 0 Å². The van der Waals surface area contributed by atoms with Gasteiger partial charge in [-0.05, 0) is 28.9 Å². The van der Waals surface area contributed by atoms with Gasteiger partial charge in [0.1, 0.15) is 10.3 Å². The number of methoxy groups -OCH3 is 1. The van der Waals surface area contributed by atoms with Crippen LogP contribution in [0.1, 0.15) is 29.4 Å². The van der Waals surface area contributed by atoms with E-state index in [0.29, 0.717) is 0 Å². The van der Waals surface area contributed by atoms with E-state index in [9.17, 15) is 13.6 Å². The summed E-state index contributed by atoms with van der Waals surface area (Å²) in [7, 11) is 1.35. The minimum Gasteiger partial charge on any atom is -0.494 e. The van der Waals surface area contributed by atoms with Crippen molar-refractivity contribution in [3.8, 4) is 5.75 Å². The summed E-state index contributed by atoms with van der Waals surface area (Å²) in [4.78, 5) is 15.1. The number of rotatable bonds is 4. The van der Waals surface area contributed by atoms with Gasteiger partial charge in [0.05, 0.1) is 19.3 Å². The molecule has 0 N–H and O–H groups in total. The smallest absolute Gasteiger partial charge is 0.340 e. The minimum atomic E-state index is -2.86. The maximum Gasteiger partial charge on any atom is 0.340 e. The highest BCUT2D eigenvalue weighted by Crippen LogP contribution is 2.30. The third kappa shape index (κ3) is 3.12. The zero-order valence-electron chi connectivity index (χ0n) is 9.17. The number of esters is 1. The molecular formula is C10H10BrF2NO3. The molecule has 1 heterocycles. The zero-order chi connectivity index (χ0) is 13.0. The number of halogens is 3. The SMILES string of the molecule is CCOC(=O)c1cc(OC)c(Br)nc1C(F)F. The molecule has 0 spiro atoms. The molecule has 1 rings (SSSR count). The summed E-state index contributed by atoms with van der Waals surface area (Å²) in [5.41, 5.74) is -0.918. The van der Waals surface area contributed by atoms with E-state index >= 15 is 0 Å². The predicted molar refractivity (Wildman–Crippen MR) is 59.4 cm³/mol. The van der Waals surface area contributed by atoms with Crippen molar-refractivity contribution in [1.82, 2.24) is 4.98 Å². The Labute approximate surface area is 105 Å². The van der Waals surface area contributed by atoms with E-state index in [4.69, 9.17) is 4.74 Å². The van der Waals surface area contributed by atoms with E-state index in [1.54, 1.807) is 6.92 Å². The van der Waals surface area contributed by atoms with Crippen LogP contribution in [0.5, 0.6) is 5.75 Å². The third-order valence-corrected chi connectivity index (χ3v) is 2.46. The first kappa shape index (κ1) is 13.8. The van der Waals surface area contributed by atoms with Crippen LogP contribution in [-0.2, 0) is 4.74 Å². The van der Waals surface area contributed by atoms with Crippen molar-refractivity contribution >= 4 is 21.9 Å². The van der Waals surface area contributed by atoms with Gasteiger partial charge in [0.2, 0.25) is 0 Å². The van der Waals surface area contributed by atoms with Crippen molar-refractivity contribution in [1.29, 1.82) is 0 Å². The van der Waals surface area contributed by atoms with Crippen LogP contribution in [0.15, 0.2) is 10.7 Å². The second kappa shape index (κ2) is 5.90. The summed E-state index contributed by atoms with van der Waals surface area (Å²) in [6.45, 7) is 1.68. The molecule has 0 radical (unpaired) electrons. The van der Waals surface area contributed by atoms with Gasteiger partial charge >= 0.3 is 5.97 Å². The molecule has 0 bridgehead atoms. The summed E-state index contributed by atoms with van der Waals surface area (Å²) < 4.78 is 35.1. The molecular weight excluding hydrogens is 300 g/mol. The van der Waals surface area contributed by atoms with Crippen LogP contribution in [0.3, 0.4) is 0 Å². The average Bonchev–Trinajstić information content (AvgIpc) is 2.28. The Morgan fingerprint density at radius 1 is 1.59 bits per heavy atom. The van der Waals surface area contributed by atoms with E-state index in [2.05, 4.69) is 25.7 Å². The fourth-order valence-corrected chi connectivity index (χ4v) is 1.63. The summed E-state index contributed by atoms with van der Waals surface area (Å²) in [6.07, 6.45) is -2.86. The lowest BCUT2D eigenvalue weighted by molar-refractivity contribution is 0.0512. The largest absolute Gasteiger partial charge is 0.494 e. The van der Waals surface area contributed by atoms with Crippen molar-refractivity contribution in [2.45, 2.75) is 13.3 Å². The molecule has 0 aromatic carbocycles. The summed E-state index contributed by atoms with van der Waals surface area (Å²) in [5, 5.41) is 0. The Bertz CT molecular complexity index is 426. The molecule has 0 fully saturated rings. The quantitative estimate of drug-likeness (QED) is 0.634. The number of pyridine rings is 1. The van der Waals surface area contributed by atoms with Gasteiger partial charge in [0.15, 0.2) is 5.75 Å². The molecule has 0 saturated carbocycles. The molecule has 0 amide bonds. The van der Waals surface area contributed by atoms with Crippen LogP contribution in [-0.4, -0.2) is 24.7 Å². The number of alkyl halides is 2. The van der Waals surface area contributed by atoms with Gasteiger partial charge in [-0.2, -0.15) is 0 Å². The highest BCUT2D eigenvalue weighted by molar-refractivity contribution is 9.10. The second-order valence-corrected chi connectivity index (χ2v) is 3.69. The van der Waals surface area contributed by atoms with Crippen LogP contribution in [0.4, 0.5) is 8.78 Å². The molecule has 0 atom stereocenters. The summed E-state index contributed by atoms with van der Waals surface area (Å²) in [6, 6.07) is 1.18. The Kier molecular flexibility index (Phi) is 4.80. The lowest BCUT2D eigenvalue weighted by Crippen LogP contribution is -2.11. The highest BCUT2D eigenvalue weighted by Gasteiger charge is 2.23. The molecule has 0 aliphatic heterocycles. The van der Waals surface area contributed by atoms with E-state index in [1.807, 2.05) is 0 Å². The molecule has 0 saturated heterocycles. The Morgan fingerprint density at radius 2 is 2.24 bits per heavy atom. The fraction of sp³-hybridized carbons (Fsp3) is 0.400. The number of carbonyl (C=O) groups excluding carboxylic acids is 1. The second-order valence-electron chi connectivity index (χ2n) is 2.94. The predicted octanol–water partition coefficient (Wildman–Crippen LogP) is 2.97. The number of hydrogen-bond acceptors (Lipinski definition) is 4. The number of nitrogens with zero attached hydrogens (tertiary/aromatic N) is 1. The lowest BCUT2D eigenvalue weighted by Gasteiger charge is -2.10. The maximum atomic E-state index is 12.7. The van der Waals surface area contributed by atoms with Crippen LogP contribution >= 0.6 is 15.9 Å². The van der Waals surface area contributed by atoms with Crippen LogP contribution < -0.4 is 4.74 Å². The topological polar surface area (TPSA) is 48.4 Å². The van der Waals surface area contributed by atoms with Gasteiger partial charge in [0, 0.05) is 0 Å². The van der Waals surface area contributed by atoms with Crippen molar-refractivity contribution in [3.05, 3.63) is 21.9 Å². The van der Waals surface area contributed by atoms with E-state index in [1.165, 1.54) is 13.2 Å². The molecule has 4 nitrogen and oxygen atoms in total. The number of ether oxygens (including phenoxy) is 2. The first-order chi connectivity index (χ1) is 8.01. The summed E-state index contributed by atoms with van der Waals surface area (Å²) >= 11 is 2.98. The Balaban J connectivity index is 3.28. The standard InChI is InChI=1S/C10H10BrF2NO3/c1-3-17-10(15)5-4-6(16-2)8(11)14-7(5)9(12)13/h4,9H,3H2,1-2H3. The first-order valence-corrected chi connectivity index (χ1v) is 5.50. The molecule has 17 heavy (non-hydrogen) atoms. The molecule has 1 aromatic heterocycles. The Hall–Kier alpha value is -1.24. The summed E-state index contributed by atoms with van der Waals surface area (Å²) in [5.74, 6) is -0.654. The van der Waals surface area contributed by atoms with Crippen molar-refractivity contribution < 1.29 is 23.0 Å². The molecule has 7 heteroatoms. The number of aromatic nitrogens is 1. The molecule has 0 aliphatic rings. The maximum absolute atomic E-state index is 12.7. The molecule has 0 unspecified atom stereocenters. The average molecular weight is 310 g/mol. The van der Waals surface area contributed by atoms with E-state index in [0.717, 1.165) is 0 Å². The van der Waals surface area contributed by atoms with Crippen molar-refractivity contribution in [3.63, 3.8) is 0 Å². The van der Waals surface area contributed by atoms with Crippen LogP contribution in [0, 0.1) is 0 Å². The number of carbonyl (C=O) groups is 1. The highest BCUT2D eigenvalue weighted by atomic mass is 79.9. The first-order valence-electron chi connectivity index (χ1n) is 4.71. The minimum absolute atomic E-state index is 0.0971. The van der Waals surface area contributed by atoms with Gasteiger partial charge in [-0.15, -0.1) is 0 Å². The van der Waals surface area contributed by atoms with Gasteiger partial charge in [-0.3, -0.25) is 0 Å². The Morgan fingerprint density at radius 3 is 2.71 bits per heavy atom. The fourth-order valence-electron chi connectivity index (χ4n) is 1.17. The van der Waals surface area contributed by atoms with Crippen LogP contribution in [0.2, 0.25) is 0 Å². The van der Waals surface area contributed by atoms with Gasteiger partial charge in [-0.1, -0.05) is 0 Å². The monoisotopic (exact) mass is 309 g/mol. The normalized spacial score (nSPS) is 10.5. The lowest BCUT2D eigenvalue weighted by atomic mass is 10.2. The molecule has 94 valence electrons. The van der Waals surface area contributed by atoms with E-state index < -0.39 is 18.1 Å². The van der Waals surface area contributed by atoms with E-state index in [-0.39, 0.29) is 22.5 Å². The van der Waals surface area contributed by atoms with Gasteiger partial charge < -0.3 is 9.47 Å². The molecule has 0 aliphatic carbocycles. The molecule has 1 aromatic rings.